The molecule has 0 amide bonds. The van der Waals surface area contributed by atoms with Crippen LogP contribution in [0.25, 0.3) is 0 Å². The first-order chi connectivity index (χ1) is 6.36. The Bertz CT molecular complexity index is 289. The first-order valence-electron chi connectivity index (χ1n) is 4.06. The lowest BCUT2D eigenvalue weighted by Gasteiger charge is -1.99. The smallest absolute Gasteiger partial charge is 0.0681 e. The molecule has 0 bridgehead atoms. The van der Waals surface area contributed by atoms with E-state index in [-0.39, 0.29) is 6.61 Å². The quantitative estimate of drug-likeness (QED) is 0.589. The first-order valence-corrected chi connectivity index (χ1v) is 5.05. The molecule has 0 atom stereocenters. The summed E-state index contributed by atoms with van der Waals surface area (Å²) in [6.45, 7) is 0.0865. The Morgan fingerprint density at radius 2 is 2.00 bits per heavy atom. The van der Waals surface area contributed by atoms with E-state index in [4.69, 9.17) is 10.4 Å². The van der Waals surface area contributed by atoms with Crippen molar-refractivity contribution in [2.75, 3.05) is 5.75 Å². The minimum absolute atomic E-state index is 0.0865. The maximum Gasteiger partial charge on any atom is 0.0681 e. The number of aliphatic hydroxyl groups excluding tert-OH is 1. The molecule has 0 heterocycles. The van der Waals surface area contributed by atoms with Crippen molar-refractivity contribution < 1.29 is 5.11 Å². The van der Waals surface area contributed by atoms with Gasteiger partial charge in [0, 0.05) is 17.1 Å². The summed E-state index contributed by atoms with van der Waals surface area (Å²) in [5.41, 5.74) is 0.921. The number of nitrogens with zero attached hydrogens (tertiary/aromatic N) is 1. The number of rotatable bonds is 4. The van der Waals surface area contributed by atoms with Gasteiger partial charge in [0.05, 0.1) is 12.7 Å². The van der Waals surface area contributed by atoms with E-state index < -0.39 is 0 Å². The van der Waals surface area contributed by atoms with Gasteiger partial charge in [-0.1, -0.05) is 12.1 Å². The maximum atomic E-state index is 8.79. The summed E-state index contributed by atoms with van der Waals surface area (Å²) in [7, 11) is 0. The Morgan fingerprint density at radius 1 is 1.31 bits per heavy atom. The highest BCUT2D eigenvalue weighted by Crippen LogP contribution is 2.18. The van der Waals surface area contributed by atoms with Crippen LogP contribution in [0.4, 0.5) is 0 Å². The monoisotopic (exact) mass is 193 g/mol. The van der Waals surface area contributed by atoms with Crippen molar-refractivity contribution in [3.8, 4) is 6.07 Å². The molecule has 0 aromatic heterocycles. The fourth-order valence-electron chi connectivity index (χ4n) is 0.906. The van der Waals surface area contributed by atoms with Crippen LogP contribution in [0.3, 0.4) is 0 Å². The van der Waals surface area contributed by atoms with Gasteiger partial charge in [0.15, 0.2) is 0 Å². The molecular formula is C10H11NOS. The molecule has 0 aliphatic carbocycles. The molecule has 1 aromatic carbocycles. The average molecular weight is 193 g/mol. The van der Waals surface area contributed by atoms with Gasteiger partial charge in [-0.25, -0.2) is 0 Å². The molecule has 0 spiro atoms. The fourth-order valence-corrected chi connectivity index (χ4v) is 1.66. The second-order valence-corrected chi connectivity index (χ2v) is 3.73. The molecule has 0 saturated heterocycles. The standard InChI is InChI=1S/C10H11NOS/c11-6-1-7-13-10-4-2-9(8-12)3-5-10/h2-5,12H,1,7-8H2. The van der Waals surface area contributed by atoms with Crippen molar-refractivity contribution in [3.05, 3.63) is 29.8 Å². The molecule has 0 radical (unpaired) electrons. The zero-order chi connectivity index (χ0) is 9.52. The predicted octanol–water partition coefficient (Wildman–Crippen LogP) is 2.18. The van der Waals surface area contributed by atoms with Crippen LogP contribution in [0.15, 0.2) is 29.2 Å². The second kappa shape index (κ2) is 5.63. The minimum Gasteiger partial charge on any atom is -0.392 e. The molecule has 0 aliphatic rings. The summed E-state index contributed by atoms with van der Waals surface area (Å²) in [5, 5.41) is 17.1. The molecule has 0 saturated carbocycles. The van der Waals surface area contributed by atoms with Crippen LogP contribution in [0.2, 0.25) is 0 Å². The Balaban J connectivity index is 2.45. The summed E-state index contributed by atoms with van der Waals surface area (Å²) in [6.07, 6.45) is 0.576. The minimum atomic E-state index is 0.0865. The first kappa shape index (κ1) is 10.1. The van der Waals surface area contributed by atoms with E-state index >= 15 is 0 Å². The van der Waals surface area contributed by atoms with Gasteiger partial charge in [-0.3, -0.25) is 0 Å². The SMILES string of the molecule is N#CCCSc1ccc(CO)cc1. The van der Waals surface area contributed by atoms with Crippen molar-refractivity contribution in [2.45, 2.75) is 17.9 Å². The van der Waals surface area contributed by atoms with Crippen LogP contribution in [-0.2, 0) is 6.61 Å². The third kappa shape index (κ3) is 3.49. The Labute approximate surface area is 82.2 Å². The fraction of sp³-hybridized carbons (Fsp3) is 0.300. The molecule has 0 fully saturated rings. The lowest BCUT2D eigenvalue weighted by atomic mass is 10.2. The van der Waals surface area contributed by atoms with Gasteiger partial charge in [-0.15, -0.1) is 11.8 Å². The van der Waals surface area contributed by atoms with Crippen molar-refractivity contribution in [3.63, 3.8) is 0 Å². The van der Waals surface area contributed by atoms with E-state index in [0.717, 1.165) is 16.2 Å². The van der Waals surface area contributed by atoms with E-state index in [1.54, 1.807) is 11.8 Å². The van der Waals surface area contributed by atoms with E-state index in [2.05, 4.69) is 6.07 Å². The molecule has 0 aliphatic heterocycles. The molecule has 0 unspecified atom stereocenters. The third-order valence-corrected chi connectivity index (χ3v) is 2.60. The molecule has 2 nitrogen and oxygen atoms in total. The lowest BCUT2D eigenvalue weighted by molar-refractivity contribution is 0.282. The van der Waals surface area contributed by atoms with Crippen LogP contribution in [0.5, 0.6) is 0 Å². The number of thioether (sulfide) groups is 1. The highest BCUT2D eigenvalue weighted by atomic mass is 32.2. The molecule has 68 valence electrons. The Hall–Kier alpha value is -0.980. The molecule has 3 heteroatoms. The van der Waals surface area contributed by atoms with E-state index in [9.17, 15) is 0 Å². The van der Waals surface area contributed by atoms with Gasteiger partial charge < -0.3 is 5.11 Å². The van der Waals surface area contributed by atoms with Crippen LogP contribution < -0.4 is 0 Å². The van der Waals surface area contributed by atoms with E-state index in [1.807, 2.05) is 24.3 Å². The molecule has 1 aromatic rings. The van der Waals surface area contributed by atoms with E-state index in [0.29, 0.717) is 6.42 Å². The molecule has 13 heavy (non-hydrogen) atoms. The number of hydrogen-bond acceptors (Lipinski definition) is 3. The maximum absolute atomic E-state index is 8.79. The van der Waals surface area contributed by atoms with Crippen molar-refractivity contribution in [1.82, 2.24) is 0 Å². The lowest BCUT2D eigenvalue weighted by Crippen LogP contribution is -1.82. The Kier molecular flexibility index (Phi) is 4.37. The number of aliphatic hydroxyl groups is 1. The largest absolute Gasteiger partial charge is 0.392 e. The van der Waals surface area contributed by atoms with Crippen LogP contribution in [-0.4, -0.2) is 10.9 Å². The zero-order valence-corrected chi connectivity index (χ0v) is 8.05. The third-order valence-electron chi connectivity index (χ3n) is 1.59. The average Bonchev–Trinajstić information content (AvgIpc) is 2.19. The van der Waals surface area contributed by atoms with Crippen molar-refractivity contribution in [2.24, 2.45) is 0 Å². The number of nitriles is 1. The van der Waals surface area contributed by atoms with Crippen molar-refractivity contribution in [1.29, 1.82) is 5.26 Å². The van der Waals surface area contributed by atoms with E-state index in [1.165, 1.54) is 0 Å². The van der Waals surface area contributed by atoms with Gasteiger partial charge in [0.1, 0.15) is 0 Å². The second-order valence-electron chi connectivity index (χ2n) is 2.56. The van der Waals surface area contributed by atoms with Gasteiger partial charge >= 0.3 is 0 Å². The Morgan fingerprint density at radius 3 is 2.54 bits per heavy atom. The summed E-state index contributed by atoms with van der Waals surface area (Å²) in [6, 6.07) is 9.83. The molecule has 1 N–H and O–H groups in total. The molecular weight excluding hydrogens is 182 g/mol. The number of benzene rings is 1. The van der Waals surface area contributed by atoms with Gasteiger partial charge in [-0.05, 0) is 17.7 Å². The highest BCUT2D eigenvalue weighted by Gasteiger charge is 1.93. The normalized spacial score (nSPS) is 9.54. The topological polar surface area (TPSA) is 44.0 Å². The summed E-state index contributed by atoms with van der Waals surface area (Å²) < 4.78 is 0. The summed E-state index contributed by atoms with van der Waals surface area (Å²) in [5.74, 6) is 0.828. The highest BCUT2D eigenvalue weighted by molar-refractivity contribution is 7.99. The van der Waals surface area contributed by atoms with Crippen LogP contribution >= 0.6 is 11.8 Å². The van der Waals surface area contributed by atoms with Gasteiger partial charge in [-0.2, -0.15) is 5.26 Å². The van der Waals surface area contributed by atoms with Gasteiger partial charge in [0.25, 0.3) is 0 Å². The molecule has 1 rings (SSSR count). The predicted molar refractivity (Wildman–Crippen MR) is 53.3 cm³/mol. The number of hydrogen-bond donors (Lipinski definition) is 1. The van der Waals surface area contributed by atoms with Gasteiger partial charge in [0.2, 0.25) is 0 Å². The summed E-state index contributed by atoms with van der Waals surface area (Å²) in [4.78, 5) is 1.15. The zero-order valence-electron chi connectivity index (χ0n) is 7.23. The van der Waals surface area contributed by atoms with Crippen LogP contribution in [0, 0.1) is 11.3 Å². The van der Waals surface area contributed by atoms with Crippen molar-refractivity contribution >= 4 is 11.8 Å². The van der Waals surface area contributed by atoms with Crippen LogP contribution in [0.1, 0.15) is 12.0 Å². The summed E-state index contributed by atoms with van der Waals surface area (Å²) >= 11 is 1.66.